The Bertz CT molecular complexity index is 571. The molecule has 106 valence electrons. The zero-order valence-electron chi connectivity index (χ0n) is 11.5. The molecule has 0 spiro atoms. The lowest BCUT2D eigenvalue weighted by Crippen LogP contribution is -2.16. The molecular formula is C14H17N3O3. The summed E-state index contributed by atoms with van der Waals surface area (Å²) in [7, 11) is 0. The van der Waals surface area contributed by atoms with Gasteiger partial charge in [0.15, 0.2) is 0 Å². The zero-order chi connectivity index (χ0) is 14.5. The summed E-state index contributed by atoms with van der Waals surface area (Å²) in [6.07, 6.45) is 0.802. The second-order valence-electron chi connectivity index (χ2n) is 4.60. The van der Waals surface area contributed by atoms with Crippen molar-refractivity contribution < 1.29 is 9.34 Å². The Hall–Kier alpha value is -2.21. The number of oxazole rings is 1. The molecule has 6 heteroatoms. The number of nitro benzene ring substituents is 1. The Morgan fingerprint density at radius 3 is 2.55 bits per heavy atom. The van der Waals surface area contributed by atoms with Crippen LogP contribution in [0.5, 0.6) is 0 Å². The van der Waals surface area contributed by atoms with Crippen molar-refractivity contribution in [1.29, 1.82) is 0 Å². The van der Waals surface area contributed by atoms with Gasteiger partial charge in [-0.2, -0.15) is 0 Å². The normalized spacial score (nSPS) is 10.7. The van der Waals surface area contributed by atoms with E-state index in [9.17, 15) is 10.1 Å². The van der Waals surface area contributed by atoms with Crippen LogP contribution in [0.3, 0.4) is 0 Å². The molecule has 0 aliphatic rings. The maximum atomic E-state index is 10.5. The molecule has 0 atom stereocenters. The lowest BCUT2D eigenvalue weighted by Gasteiger charge is -2.02. The average molecular weight is 275 g/mol. The number of rotatable bonds is 6. The van der Waals surface area contributed by atoms with Crippen molar-refractivity contribution in [3.05, 3.63) is 57.3 Å². The van der Waals surface area contributed by atoms with Gasteiger partial charge in [-0.15, -0.1) is 0 Å². The molecule has 0 fully saturated rings. The minimum atomic E-state index is -0.394. The van der Waals surface area contributed by atoms with E-state index in [1.807, 2.05) is 13.8 Å². The van der Waals surface area contributed by atoms with E-state index >= 15 is 0 Å². The third kappa shape index (κ3) is 3.64. The van der Waals surface area contributed by atoms with Crippen LogP contribution in [-0.2, 0) is 13.0 Å². The highest BCUT2D eigenvalue weighted by Gasteiger charge is 2.05. The van der Waals surface area contributed by atoms with E-state index < -0.39 is 4.92 Å². The van der Waals surface area contributed by atoms with Crippen molar-refractivity contribution in [3.8, 4) is 0 Å². The van der Waals surface area contributed by atoms with Crippen LogP contribution in [0, 0.1) is 24.0 Å². The van der Waals surface area contributed by atoms with Gasteiger partial charge in [-0.1, -0.05) is 12.1 Å². The van der Waals surface area contributed by atoms with Crippen molar-refractivity contribution in [1.82, 2.24) is 10.3 Å². The quantitative estimate of drug-likeness (QED) is 0.497. The van der Waals surface area contributed by atoms with Gasteiger partial charge in [0.25, 0.3) is 5.69 Å². The highest BCUT2D eigenvalue weighted by Crippen LogP contribution is 2.12. The molecule has 0 aliphatic carbocycles. The van der Waals surface area contributed by atoms with E-state index in [1.165, 1.54) is 12.1 Å². The van der Waals surface area contributed by atoms with Gasteiger partial charge < -0.3 is 9.73 Å². The largest absolute Gasteiger partial charge is 0.444 e. The number of nitrogens with one attached hydrogen (secondary N) is 1. The van der Waals surface area contributed by atoms with Crippen LogP contribution in [0.4, 0.5) is 5.69 Å². The van der Waals surface area contributed by atoms with Crippen molar-refractivity contribution in [2.75, 3.05) is 6.54 Å². The number of aromatic nitrogens is 1. The van der Waals surface area contributed by atoms with Crippen molar-refractivity contribution in [2.24, 2.45) is 0 Å². The molecule has 1 aromatic carbocycles. The smallest absolute Gasteiger partial charge is 0.269 e. The molecule has 0 amide bonds. The first kappa shape index (κ1) is 14.2. The molecule has 20 heavy (non-hydrogen) atoms. The predicted octanol–water partition coefficient (Wildman–Crippen LogP) is 2.53. The number of hydrogen-bond donors (Lipinski definition) is 1. The van der Waals surface area contributed by atoms with Crippen molar-refractivity contribution in [2.45, 2.75) is 26.8 Å². The summed E-state index contributed by atoms with van der Waals surface area (Å²) in [5.74, 6) is 1.53. The second-order valence-corrected chi connectivity index (χ2v) is 4.60. The minimum Gasteiger partial charge on any atom is -0.444 e. The van der Waals surface area contributed by atoms with E-state index in [4.69, 9.17) is 4.42 Å². The van der Waals surface area contributed by atoms with Crippen LogP contribution in [0.25, 0.3) is 0 Å². The van der Waals surface area contributed by atoms with Crippen molar-refractivity contribution >= 4 is 5.69 Å². The monoisotopic (exact) mass is 275 g/mol. The summed E-state index contributed by atoms with van der Waals surface area (Å²) in [5.41, 5.74) is 2.09. The van der Waals surface area contributed by atoms with Gasteiger partial charge >= 0.3 is 0 Å². The molecule has 2 aromatic rings. The third-order valence-electron chi connectivity index (χ3n) is 3.09. The summed E-state index contributed by atoms with van der Waals surface area (Å²) in [6.45, 7) is 5.15. The molecule has 0 saturated carbocycles. The van der Waals surface area contributed by atoms with Crippen LogP contribution in [0.2, 0.25) is 0 Å². The molecule has 0 bridgehead atoms. The minimum absolute atomic E-state index is 0.118. The van der Waals surface area contributed by atoms with Crippen LogP contribution in [0.15, 0.2) is 28.7 Å². The second kappa shape index (κ2) is 6.29. The molecule has 0 unspecified atom stereocenters. The summed E-state index contributed by atoms with van der Waals surface area (Å²) in [6, 6.07) is 6.60. The van der Waals surface area contributed by atoms with E-state index in [0.29, 0.717) is 12.4 Å². The van der Waals surface area contributed by atoms with Crippen LogP contribution < -0.4 is 5.32 Å². The molecule has 1 heterocycles. The Kier molecular flexibility index (Phi) is 4.47. The first-order valence-electron chi connectivity index (χ1n) is 6.43. The molecule has 6 nitrogen and oxygen atoms in total. The highest BCUT2D eigenvalue weighted by molar-refractivity contribution is 5.32. The Labute approximate surface area is 117 Å². The topological polar surface area (TPSA) is 81.2 Å². The first-order valence-corrected chi connectivity index (χ1v) is 6.43. The average Bonchev–Trinajstić information content (AvgIpc) is 2.74. The number of hydrogen-bond acceptors (Lipinski definition) is 5. The molecular weight excluding hydrogens is 258 g/mol. The fraction of sp³-hybridized carbons (Fsp3) is 0.357. The molecule has 1 aromatic heterocycles. The lowest BCUT2D eigenvalue weighted by molar-refractivity contribution is -0.384. The number of nitrogens with zero attached hydrogens (tertiary/aromatic N) is 2. The highest BCUT2D eigenvalue weighted by atomic mass is 16.6. The molecule has 0 aliphatic heterocycles. The Morgan fingerprint density at radius 1 is 1.30 bits per heavy atom. The number of benzene rings is 1. The molecule has 2 rings (SSSR count). The summed E-state index contributed by atoms with van der Waals surface area (Å²) in [4.78, 5) is 14.4. The van der Waals surface area contributed by atoms with Gasteiger partial charge in [-0.3, -0.25) is 10.1 Å². The maximum absolute atomic E-state index is 10.5. The molecule has 0 radical (unpaired) electrons. The zero-order valence-corrected chi connectivity index (χ0v) is 11.5. The van der Waals surface area contributed by atoms with Gasteiger partial charge in [0.2, 0.25) is 5.89 Å². The SMILES string of the molecule is Cc1nc(CNCCc2ccc([N+](=O)[O-])cc2)oc1C. The van der Waals surface area contributed by atoms with E-state index in [-0.39, 0.29) is 5.69 Å². The van der Waals surface area contributed by atoms with Crippen LogP contribution >= 0.6 is 0 Å². The van der Waals surface area contributed by atoms with Gasteiger partial charge in [0.1, 0.15) is 5.76 Å². The molecule has 0 saturated heterocycles. The van der Waals surface area contributed by atoms with Gasteiger partial charge in [0, 0.05) is 12.1 Å². The Balaban J connectivity index is 1.77. The van der Waals surface area contributed by atoms with Gasteiger partial charge in [0.05, 0.1) is 17.2 Å². The first-order chi connectivity index (χ1) is 9.56. The number of non-ortho nitro benzene ring substituents is 1. The van der Waals surface area contributed by atoms with Crippen LogP contribution in [0.1, 0.15) is 22.9 Å². The fourth-order valence-electron chi connectivity index (χ4n) is 1.83. The molecule has 1 N–H and O–H groups in total. The van der Waals surface area contributed by atoms with Crippen LogP contribution in [-0.4, -0.2) is 16.5 Å². The van der Waals surface area contributed by atoms with E-state index in [0.717, 1.165) is 30.0 Å². The van der Waals surface area contributed by atoms with E-state index in [2.05, 4.69) is 10.3 Å². The fourth-order valence-corrected chi connectivity index (χ4v) is 1.83. The summed E-state index contributed by atoms with van der Waals surface area (Å²) in [5, 5.41) is 13.8. The lowest BCUT2D eigenvalue weighted by atomic mass is 10.1. The van der Waals surface area contributed by atoms with Crippen molar-refractivity contribution in [3.63, 3.8) is 0 Å². The number of nitro groups is 1. The number of aryl methyl sites for hydroxylation is 2. The van der Waals surface area contributed by atoms with Gasteiger partial charge in [-0.25, -0.2) is 4.98 Å². The summed E-state index contributed by atoms with van der Waals surface area (Å²) < 4.78 is 5.46. The maximum Gasteiger partial charge on any atom is 0.269 e. The predicted molar refractivity (Wildman–Crippen MR) is 74.5 cm³/mol. The van der Waals surface area contributed by atoms with E-state index in [1.54, 1.807) is 12.1 Å². The standard InChI is InChI=1S/C14H17N3O3/c1-10-11(2)20-14(16-10)9-15-8-7-12-3-5-13(6-4-12)17(18)19/h3-6,15H,7-9H2,1-2H3. The third-order valence-corrected chi connectivity index (χ3v) is 3.09. The summed E-state index contributed by atoms with van der Waals surface area (Å²) >= 11 is 0. The Morgan fingerprint density at radius 2 is 2.00 bits per heavy atom. The van der Waals surface area contributed by atoms with Gasteiger partial charge in [-0.05, 0) is 32.4 Å².